The molecule has 0 spiro atoms. The van der Waals surface area contributed by atoms with E-state index in [1.165, 1.54) is 0 Å². The molecule has 0 N–H and O–H groups in total. The van der Waals surface area contributed by atoms with Crippen LogP contribution in [0.5, 0.6) is 5.75 Å². The van der Waals surface area contributed by atoms with Gasteiger partial charge in [-0.2, -0.15) is 0 Å². The lowest BCUT2D eigenvalue weighted by Gasteiger charge is -2.25. The van der Waals surface area contributed by atoms with Crippen LogP contribution in [0, 0.1) is 0 Å². The van der Waals surface area contributed by atoms with Crippen LogP contribution in [-0.4, -0.2) is 55.9 Å². The van der Waals surface area contributed by atoms with Gasteiger partial charge in [0, 0.05) is 0 Å². The van der Waals surface area contributed by atoms with Crippen molar-refractivity contribution in [1.82, 2.24) is 0 Å². The van der Waals surface area contributed by atoms with E-state index in [-0.39, 0.29) is 19.6 Å². The number of methoxy groups -OCH3 is 1. The van der Waals surface area contributed by atoms with Crippen molar-refractivity contribution in [3.05, 3.63) is 29.8 Å². The van der Waals surface area contributed by atoms with Gasteiger partial charge in [0.2, 0.25) is 0 Å². The Morgan fingerprint density at radius 2 is 1.86 bits per heavy atom. The molecule has 1 aromatic rings. The summed E-state index contributed by atoms with van der Waals surface area (Å²) in [6.07, 6.45) is -3.34. The molecule has 2 aliphatic heterocycles. The van der Waals surface area contributed by atoms with E-state index in [2.05, 4.69) is 0 Å². The summed E-state index contributed by atoms with van der Waals surface area (Å²) >= 11 is 0. The van der Waals surface area contributed by atoms with Crippen molar-refractivity contribution >= 4 is 11.8 Å². The van der Waals surface area contributed by atoms with Crippen molar-refractivity contribution in [2.75, 3.05) is 13.7 Å². The van der Waals surface area contributed by atoms with Crippen LogP contribution in [0.1, 0.15) is 32.8 Å². The van der Waals surface area contributed by atoms with E-state index in [0.29, 0.717) is 0 Å². The van der Waals surface area contributed by atoms with Crippen LogP contribution < -0.4 is 4.74 Å². The number of rotatable bonds is 8. The lowest BCUT2D eigenvalue weighted by molar-refractivity contribution is -0.218. The minimum atomic E-state index is -0.964. The number of benzene rings is 1. The van der Waals surface area contributed by atoms with Gasteiger partial charge >= 0.3 is 5.97 Å². The zero-order valence-electron chi connectivity index (χ0n) is 16.5. The zero-order valence-corrected chi connectivity index (χ0v) is 16.5. The van der Waals surface area contributed by atoms with E-state index < -0.39 is 42.1 Å². The second-order valence-corrected chi connectivity index (χ2v) is 7.10. The predicted octanol–water partition coefficient (Wildman–Crippen LogP) is 1.98. The molecule has 0 bridgehead atoms. The number of fused-ring (bicyclic) bond motifs is 1. The third kappa shape index (κ3) is 4.70. The van der Waals surface area contributed by atoms with E-state index in [0.717, 1.165) is 11.3 Å². The summed E-state index contributed by atoms with van der Waals surface area (Å²) in [4.78, 5) is 24.3. The largest absolute Gasteiger partial charge is 0.497 e. The zero-order chi connectivity index (χ0) is 20.3. The van der Waals surface area contributed by atoms with Gasteiger partial charge in [-0.3, -0.25) is 9.59 Å². The Balaban J connectivity index is 1.69. The number of ether oxygens (including phenoxy) is 6. The molecular formula is C20H26O8. The molecule has 8 heteroatoms. The predicted molar refractivity (Wildman–Crippen MR) is 96.5 cm³/mol. The molecule has 8 nitrogen and oxygen atoms in total. The van der Waals surface area contributed by atoms with Crippen molar-refractivity contribution in [2.24, 2.45) is 0 Å². The molecule has 0 amide bonds. The quantitative estimate of drug-likeness (QED) is 0.488. The summed E-state index contributed by atoms with van der Waals surface area (Å²) in [6.45, 7) is 5.67. The second kappa shape index (κ2) is 8.57. The number of hydrogen-bond donors (Lipinski definition) is 0. The Bertz CT molecular complexity index is 699. The van der Waals surface area contributed by atoms with Crippen molar-refractivity contribution in [1.29, 1.82) is 0 Å². The number of carbonyl (C=O) groups excluding carboxylic acids is 2. The molecule has 4 atom stereocenters. The molecule has 0 saturated carbocycles. The van der Waals surface area contributed by atoms with Gasteiger partial charge in [0.05, 0.1) is 20.3 Å². The van der Waals surface area contributed by atoms with Gasteiger partial charge in [-0.05, 0) is 38.5 Å². The Labute approximate surface area is 164 Å². The van der Waals surface area contributed by atoms with Gasteiger partial charge in [-0.15, -0.1) is 0 Å². The first-order valence-electron chi connectivity index (χ1n) is 9.27. The van der Waals surface area contributed by atoms with Gasteiger partial charge in [0.1, 0.15) is 30.5 Å². The summed E-state index contributed by atoms with van der Waals surface area (Å²) in [5, 5.41) is 0. The summed E-state index contributed by atoms with van der Waals surface area (Å²) in [5.41, 5.74) is 0.902. The van der Waals surface area contributed by atoms with Gasteiger partial charge in [-0.1, -0.05) is 12.1 Å². The van der Waals surface area contributed by atoms with Crippen molar-refractivity contribution < 1.29 is 38.0 Å². The number of Topliss-reactive ketones (excluding diaryl/α,β-unsaturated/α-hetero) is 1. The van der Waals surface area contributed by atoms with E-state index in [4.69, 9.17) is 28.4 Å². The van der Waals surface area contributed by atoms with Crippen LogP contribution in [-0.2, 0) is 39.9 Å². The highest BCUT2D eigenvalue weighted by Crippen LogP contribution is 2.39. The van der Waals surface area contributed by atoms with E-state index in [1.54, 1.807) is 27.9 Å². The highest BCUT2D eigenvalue weighted by molar-refractivity contribution is 5.98. The fourth-order valence-electron chi connectivity index (χ4n) is 3.29. The lowest BCUT2D eigenvalue weighted by Crippen LogP contribution is -2.41. The molecule has 2 fully saturated rings. The van der Waals surface area contributed by atoms with Crippen LogP contribution in [0.4, 0.5) is 0 Å². The summed E-state index contributed by atoms with van der Waals surface area (Å²) in [6, 6.07) is 7.40. The number of hydrogen-bond acceptors (Lipinski definition) is 8. The van der Waals surface area contributed by atoms with E-state index in [9.17, 15) is 9.59 Å². The average Bonchev–Trinajstić information content (AvgIpc) is 3.12. The standard InChI is InChI=1S/C20H26O8/c1-5-24-15(22)10-14(21)16-17(18-19(26-16)28-20(2,3)27-18)25-11-12-6-8-13(23-4)9-7-12/h6-9,16-19H,5,10-11H2,1-4H3/t16-,17+,18-,19-/m1/s1. The molecular weight excluding hydrogens is 368 g/mol. The fourth-order valence-corrected chi connectivity index (χ4v) is 3.29. The Hall–Kier alpha value is -2.00. The third-order valence-electron chi connectivity index (χ3n) is 4.53. The minimum absolute atomic E-state index is 0.209. The second-order valence-electron chi connectivity index (χ2n) is 7.10. The normalized spacial score (nSPS) is 28.0. The SMILES string of the molecule is CCOC(=O)CC(=O)[C@H]1O[C@@H]2OC(C)(C)O[C@@H]2[C@H]1OCc1ccc(OC)cc1. The first-order chi connectivity index (χ1) is 13.3. The van der Waals surface area contributed by atoms with Crippen molar-refractivity contribution in [3.8, 4) is 5.75 Å². The van der Waals surface area contributed by atoms with Crippen LogP contribution in [0.3, 0.4) is 0 Å². The first kappa shape index (κ1) is 20.7. The van der Waals surface area contributed by atoms with Crippen LogP contribution >= 0.6 is 0 Å². The van der Waals surface area contributed by atoms with E-state index >= 15 is 0 Å². The van der Waals surface area contributed by atoms with E-state index in [1.807, 2.05) is 24.3 Å². The topological polar surface area (TPSA) is 89.5 Å². The summed E-state index contributed by atoms with van der Waals surface area (Å²) in [5.74, 6) is -1.11. The number of ketones is 1. The Kier molecular flexibility index (Phi) is 6.34. The Morgan fingerprint density at radius 3 is 2.50 bits per heavy atom. The maximum Gasteiger partial charge on any atom is 0.313 e. The van der Waals surface area contributed by atoms with Gasteiger partial charge in [-0.25, -0.2) is 0 Å². The molecule has 154 valence electrons. The minimum Gasteiger partial charge on any atom is -0.497 e. The van der Waals surface area contributed by atoms with Crippen LogP contribution in [0.15, 0.2) is 24.3 Å². The monoisotopic (exact) mass is 394 g/mol. The molecule has 1 aromatic carbocycles. The molecule has 2 saturated heterocycles. The van der Waals surface area contributed by atoms with Gasteiger partial charge < -0.3 is 28.4 Å². The van der Waals surface area contributed by atoms with Crippen molar-refractivity contribution in [3.63, 3.8) is 0 Å². The average molecular weight is 394 g/mol. The summed E-state index contributed by atoms with van der Waals surface area (Å²) < 4.78 is 33.3. The lowest BCUT2D eigenvalue weighted by atomic mass is 10.0. The van der Waals surface area contributed by atoms with Gasteiger partial charge in [0.25, 0.3) is 0 Å². The smallest absolute Gasteiger partial charge is 0.313 e. The molecule has 0 unspecified atom stereocenters. The molecule has 0 radical (unpaired) electrons. The first-order valence-corrected chi connectivity index (χ1v) is 9.27. The van der Waals surface area contributed by atoms with Crippen molar-refractivity contribution in [2.45, 2.75) is 64.2 Å². The molecule has 2 aliphatic rings. The summed E-state index contributed by atoms with van der Waals surface area (Å²) in [7, 11) is 1.60. The molecule has 0 aromatic heterocycles. The third-order valence-corrected chi connectivity index (χ3v) is 4.53. The highest BCUT2D eigenvalue weighted by atomic mass is 16.8. The molecule has 2 heterocycles. The molecule has 0 aliphatic carbocycles. The Morgan fingerprint density at radius 1 is 1.14 bits per heavy atom. The highest BCUT2D eigenvalue weighted by Gasteiger charge is 2.57. The van der Waals surface area contributed by atoms with Crippen LogP contribution in [0.2, 0.25) is 0 Å². The number of esters is 1. The van der Waals surface area contributed by atoms with Crippen LogP contribution in [0.25, 0.3) is 0 Å². The van der Waals surface area contributed by atoms with Gasteiger partial charge in [0.15, 0.2) is 17.9 Å². The number of carbonyl (C=O) groups is 2. The molecule has 28 heavy (non-hydrogen) atoms. The maximum absolute atomic E-state index is 12.6. The fraction of sp³-hybridized carbons (Fsp3) is 0.600. The molecule has 3 rings (SSSR count). The maximum atomic E-state index is 12.6.